The van der Waals surface area contributed by atoms with Crippen molar-refractivity contribution in [2.45, 2.75) is 50.7 Å². The lowest BCUT2D eigenvalue weighted by atomic mass is 10.2. The van der Waals surface area contributed by atoms with Crippen LogP contribution in [0.3, 0.4) is 0 Å². The average molecular weight is 316 g/mol. The molecular formula is C15H20N6O2. The third-order valence-corrected chi connectivity index (χ3v) is 4.41. The van der Waals surface area contributed by atoms with Crippen molar-refractivity contribution in [3.05, 3.63) is 30.2 Å². The van der Waals surface area contributed by atoms with Gasteiger partial charge in [0.15, 0.2) is 5.82 Å². The van der Waals surface area contributed by atoms with Gasteiger partial charge in [0.05, 0.1) is 19.1 Å². The standard InChI is InChI=1S/C15H20N6O2/c22-15(16-9-13-18-14(19-23-13)11-4-5-11)21-8-1-3-12(21)10-20-7-2-6-17-20/h2,6-7,11-12H,1,3-5,8-10H2,(H,16,22)/t12-/m1/s1. The first-order chi connectivity index (χ1) is 11.3. The fraction of sp³-hybridized carbons (Fsp3) is 0.600. The van der Waals surface area contributed by atoms with Crippen LogP contribution in [0.15, 0.2) is 23.0 Å². The van der Waals surface area contributed by atoms with E-state index in [2.05, 4.69) is 20.6 Å². The molecule has 1 saturated carbocycles. The Bertz CT molecular complexity index is 663. The second-order valence-electron chi connectivity index (χ2n) is 6.20. The van der Waals surface area contributed by atoms with Crippen LogP contribution in [0.4, 0.5) is 4.79 Å². The predicted octanol–water partition coefficient (Wildman–Crippen LogP) is 1.52. The third kappa shape index (κ3) is 3.20. The van der Waals surface area contributed by atoms with Crippen molar-refractivity contribution in [2.75, 3.05) is 6.54 Å². The number of urea groups is 1. The molecule has 1 saturated heterocycles. The Morgan fingerprint density at radius 2 is 2.30 bits per heavy atom. The van der Waals surface area contributed by atoms with E-state index in [0.29, 0.717) is 11.8 Å². The molecule has 1 aliphatic heterocycles. The highest BCUT2D eigenvalue weighted by Gasteiger charge is 2.30. The van der Waals surface area contributed by atoms with Crippen LogP contribution >= 0.6 is 0 Å². The molecule has 2 fully saturated rings. The third-order valence-electron chi connectivity index (χ3n) is 4.41. The average Bonchev–Trinajstić information content (AvgIpc) is 2.99. The molecular weight excluding hydrogens is 296 g/mol. The molecule has 1 N–H and O–H groups in total. The van der Waals surface area contributed by atoms with Gasteiger partial charge in [-0.15, -0.1) is 0 Å². The number of carbonyl (C=O) groups is 1. The Labute approximate surface area is 133 Å². The van der Waals surface area contributed by atoms with Gasteiger partial charge in [-0.25, -0.2) is 4.79 Å². The van der Waals surface area contributed by atoms with Crippen LogP contribution in [-0.4, -0.2) is 43.4 Å². The van der Waals surface area contributed by atoms with E-state index in [4.69, 9.17) is 4.52 Å². The summed E-state index contributed by atoms with van der Waals surface area (Å²) in [5.41, 5.74) is 0. The normalized spacial score (nSPS) is 20.9. The van der Waals surface area contributed by atoms with Crippen LogP contribution in [0.1, 0.15) is 43.3 Å². The number of amides is 2. The van der Waals surface area contributed by atoms with Gasteiger partial charge < -0.3 is 14.7 Å². The van der Waals surface area contributed by atoms with Crippen LogP contribution in [0.25, 0.3) is 0 Å². The van der Waals surface area contributed by atoms with Crippen LogP contribution < -0.4 is 5.32 Å². The number of hydrogen-bond acceptors (Lipinski definition) is 5. The lowest BCUT2D eigenvalue weighted by molar-refractivity contribution is 0.184. The molecule has 0 unspecified atom stereocenters. The molecule has 2 aliphatic rings. The van der Waals surface area contributed by atoms with Crippen molar-refractivity contribution in [2.24, 2.45) is 0 Å². The molecule has 2 aromatic rings. The molecule has 23 heavy (non-hydrogen) atoms. The summed E-state index contributed by atoms with van der Waals surface area (Å²) in [6, 6.07) is 2.00. The number of nitrogens with one attached hydrogen (secondary N) is 1. The number of hydrogen-bond donors (Lipinski definition) is 1. The summed E-state index contributed by atoms with van der Waals surface area (Å²) in [5, 5.41) is 11.1. The molecule has 0 spiro atoms. The van der Waals surface area contributed by atoms with Crippen LogP contribution in [0.5, 0.6) is 0 Å². The highest BCUT2D eigenvalue weighted by Crippen LogP contribution is 2.38. The number of nitrogens with zero attached hydrogens (tertiary/aromatic N) is 5. The van der Waals surface area contributed by atoms with Gasteiger partial charge in [-0.1, -0.05) is 5.16 Å². The maximum atomic E-state index is 12.4. The van der Waals surface area contributed by atoms with E-state index in [1.165, 1.54) is 0 Å². The van der Waals surface area contributed by atoms with Crippen molar-refractivity contribution in [1.82, 2.24) is 30.1 Å². The van der Waals surface area contributed by atoms with E-state index in [0.717, 1.165) is 44.6 Å². The second-order valence-corrected chi connectivity index (χ2v) is 6.20. The van der Waals surface area contributed by atoms with E-state index < -0.39 is 0 Å². The van der Waals surface area contributed by atoms with Crippen LogP contribution in [0, 0.1) is 0 Å². The molecule has 2 amide bonds. The molecule has 0 bridgehead atoms. The van der Waals surface area contributed by atoms with Gasteiger partial charge in [-0.05, 0) is 31.7 Å². The maximum absolute atomic E-state index is 12.4. The molecule has 3 heterocycles. The number of likely N-dealkylation sites (tertiary alicyclic amines) is 1. The minimum atomic E-state index is -0.0779. The van der Waals surface area contributed by atoms with Crippen LogP contribution in [-0.2, 0) is 13.1 Å². The smallest absolute Gasteiger partial charge is 0.318 e. The Hall–Kier alpha value is -2.38. The second kappa shape index (κ2) is 6.02. The lowest BCUT2D eigenvalue weighted by Crippen LogP contribution is -2.44. The summed E-state index contributed by atoms with van der Waals surface area (Å²) >= 11 is 0. The molecule has 2 aromatic heterocycles. The minimum Gasteiger partial charge on any atom is -0.337 e. The number of aromatic nitrogens is 4. The van der Waals surface area contributed by atoms with E-state index in [9.17, 15) is 4.79 Å². The SMILES string of the molecule is O=C(NCc1nc(C2CC2)no1)N1CCC[C@@H]1Cn1cccn1. The van der Waals surface area contributed by atoms with Crippen molar-refractivity contribution >= 4 is 6.03 Å². The molecule has 4 rings (SSSR count). The van der Waals surface area contributed by atoms with Gasteiger partial charge in [0, 0.05) is 24.9 Å². The van der Waals surface area contributed by atoms with Crippen molar-refractivity contribution in [1.29, 1.82) is 0 Å². The largest absolute Gasteiger partial charge is 0.337 e. The topological polar surface area (TPSA) is 89.1 Å². The molecule has 0 aromatic carbocycles. The summed E-state index contributed by atoms with van der Waals surface area (Å²) in [5.74, 6) is 1.70. The molecule has 122 valence electrons. The Balaban J connectivity index is 1.32. The molecule has 0 radical (unpaired) electrons. The fourth-order valence-corrected chi connectivity index (χ4v) is 3.02. The zero-order valence-electron chi connectivity index (χ0n) is 12.9. The van der Waals surface area contributed by atoms with Gasteiger partial charge in [-0.3, -0.25) is 4.68 Å². The first-order valence-electron chi connectivity index (χ1n) is 8.14. The van der Waals surface area contributed by atoms with E-state index in [1.807, 2.05) is 21.8 Å². The van der Waals surface area contributed by atoms with Crippen molar-refractivity contribution in [3.63, 3.8) is 0 Å². The van der Waals surface area contributed by atoms with Gasteiger partial charge in [0.1, 0.15) is 0 Å². The molecule has 8 nitrogen and oxygen atoms in total. The molecule has 1 atom stereocenters. The van der Waals surface area contributed by atoms with Gasteiger partial charge >= 0.3 is 6.03 Å². The Kier molecular flexibility index (Phi) is 3.72. The van der Waals surface area contributed by atoms with Crippen molar-refractivity contribution in [3.8, 4) is 0 Å². The summed E-state index contributed by atoms with van der Waals surface area (Å²) in [4.78, 5) is 18.6. The predicted molar refractivity (Wildman–Crippen MR) is 80.5 cm³/mol. The minimum absolute atomic E-state index is 0.0779. The zero-order valence-corrected chi connectivity index (χ0v) is 12.9. The summed E-state index contributed by atoms with van der Waals surface area (Å²) in [6.07, 6.45) is 7.96. The summed E-state index contributed by atoms with van der Waals surface area (Å²) < 4.78 is 7.05. The van der Waals surface area contributed by atoms with Gasteiger partial charge in [0.2, 0.25) is 5.89 Å². The number of carbonyl (C=O) groups excluding carboxylic acids is 1. The molecule has 1 aliphatic carbocycles. The number of rotatable bonds is 5. The highest BCUT2D eigenvalue weighted by molar-refractivity contribution is 5.74. The summed E-state index contributed by atoms with van der Waals surface area (Å²) in [6.45, 7) is 1.78. The first kappa shape index (κ1) is 14.2. The van der Waals surface area contributed by atoms with E-state index >= 15 is 0 Å². The fourth-order valence-electron chi connectivity index (χ4n) is 3.02. The Morgan fingerprint density at radius 1 is 1.39 bits per heavy atom. The lowest BCUT2D eigenvalue weighted by Gasteiger charge is -2.24. The molecule has 8 heteroatoms. The van der Waals surface area contributed by atoms with Crippen LogP contribution in [0.2, 0.25) is 0 Å². The summed E-state index contributed by atoms with van der Waals surface area (Å²) in [7, 11) is 0. The van der Waals surface area contributed by atoms with E-state index in [-0.39, 0.29) is 18.6 Å². The quantitative estimate of drug-likeness (QED) is 0.903. The van der Waals surface area contributed by atoms with Gasteiger partial charge in [0.25, 0.3) is 0 Å². The van der Waals surface area contributed by atoms with E-state index in [1.54, 1.807) is 6.20 Å². The maximum Gasteiger partial charge on any atom is 0.318 e. The Morgan fingerprint density at radius 3 is 3.09 bits per heavy atom. The highest BCUT2D eigenvalue weighted by atomic mass is 16.5. The zero-order chi connectivity index (χ0) is 15.6. The monoisotopic (exact) mass is 316 g/mol. The van der Waals surface area contributed by atoms with Gasteiger partial charge in [-0.2, -0.15) is 10.1 Å². The first-order valence-corrected chi connectivity index (χ1v) is 8.14. The van der Waals surface area contributed by atoms with Crippen molar-refractivity contribution < 1.29 is 9.32 Å².